The number of rotatable bonds is 5. The standard InChI is InChI=1S/C40H52FN5O8S/c1-24-32-28(27-14-13-26(41)19-30(27)42-24)15-16-39(54-32)21-31-33(47)44-40(35(49)45-55(51,52)38(5)17-18-38)20-25(40)11-9-7-6-8-10-12-29(34(48)46(31)22-39)43-36(50)53-23-37(2,3)4/h9,11,13-14,19,25,29,31H,6-8,10,12,15-18,20-23H2,1-5H3,(H,43,50)(H,44,47)(H,45,49)/b11-9-/t25-,29+,31+,39-,40-/m1/s1. The number of alkyl carbamates (subject to hydrolysis) is 1. The molecule has 4 heterocycles. The lowest BCUT2D eigenvalue weighted by atomic mass is 9.87. The van der Waals surface area contributed by atoms with Crippen LogP contribution in [0.2, 0.25) is 0 Å². The van der Waals surface area contributed by atoms with Crippen molar-refractivity contribution in [1.29, 1.82) is 0 Å². The minimum Gasteiger partial charge on any atom is -0.483 e. The molecule has 3 N–H and O–H groups in total. The van der Waals surface area contributed by atoms with Gasteiger partial charge in [0, 0.05) is 29.4 Å². The van der Waals surface area contributed by atoms with Crippen LogP contribution < -0.4 is 20.1 Å². The molecule has 5 aliphatic rings. The van der Waals surface area contributed by atoms with Crippen LogP contribution in [-0.2, 0) is 35.6 Å². The van der Waals surface area contributed by atoms with Crippen molar-refractivity contribution in [3.8, 4) is 5.75 Å². The highest BCUT2D eigenvalue weighted by atomic mass is 32.2. The number of benzene rings is 1. The van der Waals surface area contributed by atoms with Crippen molar-refractivity contribution in [1.82, 2.24) is 25.2 Å². The number of amides is 4. The van der Waals surface area contributed by atoms with Gasteiger partial charge in [-0.1, -0.05) is 45.8 Å². The Bertz CT molecular complexity index is 2060. The molecule has 5 atom stereocenters. The van der Waals surface area contributed by atoms with E-state index < -0.39 is 73.5 Å². The van der Waals surface area contributed by atoms with Gasteiger partial charge in [-0.2, -0.15) is 0 Å². The molecule has 0 unspecified atom stereocenters. The smallest absolute Gasteiger partial charge is 0.407 e. The van der Waals surface area contributed by atoms with Crippen molar-refractivity contribution in [3.05, 3.63) is 47.4 Å². The van der Waals surface area contributed by atoms with Crippen molar-refractivity contribution in [2.45, 2.75) is 133 Å². The van der Waals surface area contributed by atoms with Crippen LogP contribution in [0.5, 0.6) is 5.75 Å². The van der Waals surface area contributed by atoms with Crippen LogP contribution in [0.15, 0.2) is 30.4 Å². The Labute approximate surface area is 321 Å². The average Bonchev–Trinajstić information content (AvgIpc) is 4.00. The summed E-state index contributed by atoms with van der Waals surface area (Å²) in [4.78, 5) is 62.4. The number of carbonyl (C=O) groups excluding carboxylic acids is 4. The second kappa shape index (κ2) is 14.0. The van der Waals surface area contributed by atoms with E-state index in [1.54, 1.807) is 19.9 Å². The quantitative estimate of drug-likeness (QED) is 0.358. The van der Waals surface area contributed by atoms with E-state index in [-0.39, 0.29) is 31.4 Å². The molecule has 15 heteroatoms. The fraction of sp³-hybridized carbons (Fsp3) is 0.625. The highest BCUT2D eigenvalue weighted by molar-refractivity contribution is 7.91. The number of carbonyl (C=O) groups is 4. The first kappa shape index (κ1) is 39.0. The van der Waals surface area contributed by atoms with E-state index in [0.717, 1.165) is 23.8 Å². The number of hydrogen-bond donors (Lipinski definition) is 3. The van der Waals surface area contributed by atoms with Crippen molar-refractivity contribution in [2.75, 3.05) is 13.2 Å². The second-order valence-electron chi connectivity index (χ2n) is 17.7. The van der Waals surface area contributed by atoms with Crippen LogP contribution in [-0.4, -0.2) is 83.2 Å². The maximum atomic E-state index is 14.7. The van der Waals surface area contributed by atoms with Gasteiger partial charge in [-0.15, -0.1) is 0 Å². The van der Waals surface area contributed by atoms with E-state index in [4.69, 9.17) is 9.47 Å². The minimum absolute atomic E-state index is 0.00867. The normalized spacial score (nSPS) is 29.7. The molecule has 1 saturated heterocycles. The third kappa shape index (κ3) is 7.77. The van der Waals surface area contributed by atoms with E-state index in [1.807, 2.05) is 32.9 Å². The molecule has 7 rings (SSSR count). The van der Waals surface area contributed by atoms with E-state index >= 15 is 0 Å². The molecule has 0 bridgehead atoms. The Balaban J connectivity index is 1.22. The zero-order valence-electron chi connectivity index (χ0n) is 32.3. The maximum absolute atomic E-state index is 14.7. The molecule has 2 aliphatic carbocycles. The summed E-state index contributed by atoms with van der Waals surface area (Å²) in [6, 6.07) is 2.31. The summed E-state index contributed by atoms with van der Waals surface area (Å²) in [5, 5.41) is 6.46. The highest BCUT2D eigenvalue weighted by Crippen LogP contribution is 2.49. The Hall–Kier alpha value is -4.27. The number of nitrogens with zero attached hydrogens (tertiary/aromatic N) is 2. The molecular weight excluding hydrogens is 730 g/mol. The number of allylic oxidation sites excluding steroid dienone is 1. The first-order valence-corrected chi connectivity index (χ1v) is 20.9. The Kier molecular flexibility index (Phi) is 9.95. The van der Waals surface area contributed by atoms with Gasteiger partial charge in [-0.25, -0.2) is 22.6 Å². The van der Waals surface area contributed by atoms with Gasteiger partial charge in [-0.3, -0.25) is 19.1 Å². The molecule has 1 aromatic carbocycles. The fourth-order valence-electron chi connectivity index (χ4n) is 8.13. The number of aryl methyl sites for hydroxylation is 2. The first-order chi connectivity index (χ1) is 25.8. The third-order valence-electron chi connectivity index (χ3n) is 11.9. The van der Waals surface area contributed by atoms with Crippen molar-refractivity contribution in [2.24, 2.45) is 11.3 Å². The van der Waals surface area contributed by atoms with Crippen molar-refractivity contribution in [3.63, 3.8) is 0 Å². The molecule has 298 valence electrons. The molecule has 1 aromatic heterocycles. The lowest BCUT2D eigenvalue weighted by Crippen LogP contribution is -2.58. The van der Waals surface area contributed by atoms with Crippen LogP contribution in [0.25, 0.3) is 10.9 Å². The van der Waals surface area contributed by atoms with Gasteiger partial charge < -0.3 is 25.0 Å². The second-order valence-corrected chi connectivity index (χ2v) is 19.9. The lowest BCUT2D eigenvalue weighted by Gasteiger charge is -2.36. The van der Waals surface area contributed by atoms with Crippen LogP contribution in [0.4, 0.5) is 9.18 Å². The molecule has 3 aliphatic heterocycles. The SMILES string of the molecule is Cc1nc2cc(F)ccc2c2c1O[C@]1(CC2)C[C@H]2C(=O)N[C@]3(C(=O)NS(=O)(=O)C4(C)CC4)C[C@H]3/C=C\CCCCC[C@H](NC(=O)OCC(C)(C)C)C(=O)N2C1. The Morgan fingerprint density at radius 1 is 1.13 bits per heavy atom. The molecule has 1 spiro atoms. The summed E-state index contributed by atoms with van der Waals surface area (Å²) in [5.41, 5.74) is -0.951. The highest BCUT2D eigenvalue weighted by Gasteiger charge is 2.64. The number of aromatic nitrogens is 1. The molecule has 4 amide bonds. The van der Waals surface area contributed by atoms with Crippen LogP contribution in [0.1, 0.15) is 103 Å². The lowest BCUT2D eigenvalue weighted by molar-refractivity contribution is -0.141. The number of ether oxygens (including phenoxy) is 2. The van der Waals surface area contributed by atoms with E-state index in [9.17, 15) is 32.0 Å². The Morgan fingerprint density at radius 2 is 1.89 bits per heavy atom. The van der Waals surface area contributed by atoms with Gasteiger partial charge in [0.1, 0.15) is 34.8 Å². The number of sulfonamides is 1. The predicted octanol–water partition coefficient (Wildman–Crippen LogP) is 4.88. The van der Waals surface area contributed by atoms with Gasteiger partial charge in [0.15, 0.2) is 0 Å². The molecular formula is C40H52FN5O8S. The Morgan fingerprint density at radius 3 is 2.62 bits per heavy atom. The summed E-state index contributed by atoms with van der Waals surface area (Å²) >= 11 is 0. The minimum atomic E-state index is -4.00. The molecule has 55 heavy (non-hydrogen) atoms. The summed E-state index contributed by atoms with van der Waals surface area (Å²) in [7, 11) is -4.00. The zero-order chi connectivity index (χ0) is 39.6. The molecule has 2 saturated carbocycles. The average molecular weight is 782 g/mol. The summed E-state index contributed by atoms with van der Waals surface area (Å²) in [6.45, 7) is 9.28. The summed E-state index contributed by atoms with van der Waals surface area (Å²) in [6.07, 6.45) is 8.31. The van der Waals surface area contributed by atoms with Gasteiger partial charge in [0.25, 0.3) is 5.91 Å². The molecule has 3 fully saturated rings. The monoisotopic (exact) mass is 781 g/mol. The largest absolute Gasteiger partial charge is 0.483 e. The topological polar surface area (TPSA) is 173 Å². The van der Waals surface area contributed by atoms with Gasteiger partial charge >= 0.3 is 6.09 Å². The number of halogens is 1. The number of nitrogens with one attached hydrogen (secondary N) is 3. The van der Waals surface area contributed by atoms with Gasteiger partial charge in [-0.05, 0) is 82.8 Å². The zero-order valence-corrected chi connectivity index (χ0v) is 33.1. The van der Waals surface area contributed by atoms with Crippen LogP contribution in [0, 0.1) is 24.1 Å². The molecule has 2 aromatic rings. The number of pyridine rings is 1. The van der Waals surface area contributed by atoms with E-state index in [2.05, 4.69) is 20.3 Å². The van der Waals surface area contributed by atoms with Crippen LogP contribution in [0.3, 0.4) is 0 Å². The van der Waals surface area contributed by atoms with Gasteiger partial charge in [0.2, 0.25) is 21.8 Å². The molecule has 0 radical (unpaired) electrons. The number of hydrogen-bond acceptors (Lipinski definition) is 9. The van der Waals surface area contributed by atoms with Crippen LogP contribution >= 0.6 is 0 Å². The van der Waals surface area contributed by atoms with E-state index in [1.165, 1.54) is 17.0 Å². The maximum Gasteiger partial charge on any atom is 0.407 e. The third-order valence-corrected chi connectivity index (χ3v) is 14.0. The van der Waals surface area contributed by atoms with Crippen molar-refractivity contribution >= 4 is 44.7 Å². The number of fused-ring (bicyclic) bond motifs is 5. The fourth-order valence-corrected chi connectivity index (χ4v) is 9.45. The summed E-state index contributed by atoms with van der Waals surface area (Å²) < 4.78 is 54.0. The first-order valence-electron chi connectivity index (χ1n) is 19.4. The van der Waals surface area contributed by atoms with Gasteiger partial charge in [0.05, 0.1) is 29.1 Å². The van der Waals surface area contributed by atoms with Crippen molar-refractivity contribution < 1.29 is 41.5 Å². The predicted molar refractivity (Wildman–Crippen MR) is 202 cm³/mol. The molecule has 13 nitrogen and oxygen atoms in total. The summed E-state index contributed by atoms with van der Waals surface area (Å²) in [5.74, 6) is -2.22. The van der Waals surface area contributed by atoms with E-state index in [0.29, 0.717) is 61.9 Å².